The van der Waals surface area contributed by atoms with E-state index in [2.05, 4.69) is 15.6 Å². The van der Waals surface area contributed by atoms with E-state index in [1.54, 1.807) is 6.07 Å². The molecule has 0 unspecified atom stereocenters. The molecule has 1 heterocycles. The summed E-state index contributed by atoms with van der Waals surface area (Å²) >= 11 is 0. The SMILES string of the molecule is O=C(Cn1cc(C(=O)O)nn1)NC1(Cc2cccc(F)c2)CCC1. The Morgan fingerprint density at radius 2 is 2.17 bits per heavy atom. The van der Waals surface area contributed by atoms with Crippen LogP contribution in [-0.2, 0) is 17.8 Å². The molecule has 3 rings (SSSR count). The van der Waals surface area contributed by atoms with Gasteiger partial charge in [-0.2, -0.15) is 0 Å². The molecule has 1 amide bonds. The van der Waals surface area contributed by atoms with Crippen molar-refractivity contribution in [3.63, 3.8) is 0 Å². The Kier molecular flexibility index (Phi) is 4.28. The molecule has 1 fully saturated rings. The molecule has 0 spiro atoms. The second-order valence-electron chi connectivity index (χ2n) is 6.10. The summed E-state index contributed by atoms with van der Waals surface area (Å²) in [5.74, 6) is -1.76. The predicted molar refractivity (Wildman–Crippen MR) is 81.8 cm³/mol. The molecule has 0 radical (unpaired) electrons. The molecule has 8 heteroatoms. The number of rotatable bonds is 6. The van der Waals surface area contributed by atoms with Gasteiger partial charge in [0.1, 0.15) is 12.4 Å². The van der Waals surface area contributed by atoms with Crippen molar-refractivity contribution in [1.29, 1.82) is 0 Å². The smallest absolute Gasteiger partial charge is 0.358 e. The number of carbonyl (C=O) groups is 2. The molecular formula is C16H17FN4O3. The molecule has 1 aliphatic rings. The fraction of sp³-hybridized carbons (Fsp3) is 0.375. The molecule has 0 saturated heterocycles. The van der Waals surface area contributed by atoms with Gasteiger partial charge < -0.3 is 10.4 Å². The molecule has 7 nitrogen and oxygen atoms in total. The third kappa shape index (κ3) is 3.58. The van der Waals surface area contributed by atoms with Gasteiger partial charge in [0.15, 0.2) is 5.69 Å². The fourth-order valence-corrected chi connectivity index (χ4v) is 2.94. The molecule has 1 saturated carbocycles. The first-order valence-electron chi connectivity index (χ1n) is 7.65. The van der Waals surface area contributed by atoms with E-state index in [1.807, 2.05) is 6.07 Å². The lowest BCUT2D eigenvalue weighted by Crippen LogP contribution is -2.55. The van der Waals surface area contributed by atoms with Gasteiger partial charge >= 0.3 is 5.97 Å². The normalized spacial score (nSPS) is 15.5. The standard InChI is InChI=1S/C16H17FN4O3/c17-12-4-1-3-11(7-12)8-16(5-2-6-16)18-14(22)10-21-9-13(15(23)24)19-20-21/h1,3-4,7,9H,2,5-6,8,10H2,(H,18,22)(H,23,24). The molecule has 1 aliphatic carbocycles. The van der Waals surface area contributed by atoms with Gasteiger partial charge in [0, 0.05) is 5.54 Å². The van der Waals surface area contributed by atoms with Gasteiger partial charge in [-0.3, -0.25) is 4.79 Å². The molecule has 0 atom stereocenters. The Labute approximate surface area is 137 Å². The number of hydrogen-bond acceptors (Lipinski definition) is 4. The van der Waals surface area contributed by atoms with Gasteiger partial charge in [0.2, 0.25) is 5.91 Å². The summed E-state index contributed by atoms with van der Waals surface area (Å²) in [6.07, 6.45) is 4.43. The number of halogens is 1. The Balaban J connectivity index is 1.63. The van der Waals surface area contributed by atoms with Crippen molar-refractivity contribution < 1.29 is 19.1 Å². The maximum Gasteiger partial charge on any atom is 0.358 e. The lowest BCUT2D eigenvalue weighted by atomic mass is 9.72. The number of nitrogens with one attached hydrogen (secondary N) is 1. The minimum atomic E-state index is -1.19. The summed E-state index contributed by atoms with van der Waals surface area (Å²) in [5.41, 5.74) is 0.256. The highest BCUT2D eigenvalue weighted by atomic mass is 19.1. The van der Waals surface area contributed by atoms with E-state index in [4.69, 9.17) is 5.11 Å². The minimum absolute atomic E-state index is 0.106. The highest BCUT2D eigenvalue weighted by molar-refractivity contribution is 5.84. The summed E-state index contributed by atoms with van der Waals surface area (Å²) in [6.45, 7) is -0.106. The van der Waals surface area contributed by atoms with E-state index in [1.165, 1.54) is 23.0 Å². The van der Waals surface area contributed by atoms with E-state index in [-0.39, 0.29) is 29.5 Å². The van der Waals surface area contributed by atoms with E-state index in [0.29, 0.717) is 6.42 Å². The fourth-order valence-electron chi connectivity index (χ4n) is 2.94. The van der Waals surface area contributed by atoms with Crippen molar-refractivity contribution in [2.75, 3.05) is 0 Å². The zero-order valence-corrected chi connectivity index (χ0v) is 12.9. The lowest BCUT2D eigenvalue weighted by Gasteiger charge is -2.43. The van der Waals surface area contributed by atoms with Gasteiger partial charge in [0.05, 0.1) is 6.20 Å². The van der Waals surface area contributed by atoms with Crippen LogP contribution in [0.1, 0.15) is 35.3 Å². The van der Waals surface area contributed by atoms with Crippen LogP contribution in [0.5, 0.6) is 0 Å². The van der Waals surface area contributed by atoms with Crippen molar-refractivity contribution in [2.45, 2.75) is 37.8 Å². The second-order valence-corrected chi connectivity index (χ2v) is 6.10. The van der Waals surface area contributed by atoms with Crippen LogP contribution in [-0.4, -0.2) is 37.5 Å². The van der Waals surface area contributed by atoms with Gasteiger partial charge in [-0.1, -0.05) is 17.3 Å². The summed E-state index contributed by atoms with van der Waals surface area (Å²) in [6, 6.07) is 6.36. The van der Waals surface area contributed by atoms with Crippen LogP contribution in [0.4, 0.5) is 4.39 Å². The van der Waals surface area contributed by atoms with Crippen LogP contribution in [0.3, 0.4) is 0 Å². The lowest BCUT2D eigenvalue weighted by molar-refractivity contribution is -0.124. The summed E-state index contributed by atoms with van der Waals surface area (Å²) < 4.78 is 14.5. The van der Waals surface area contributed by atoms with Crippen molar-refractivity contribution in [2.24, 2.45) is 0 Å². The largest absolute Gasteiger partial charge is 0.476 e. The highest BCUT2D eigenvalue weighted by Gasteiger charge is 2.38. The predicted octanol–water partition coefficient (Wildman–Crippen LogP) is 1.40. The van der Waals surface area contributed by atoms with Crippen LogP contribution in [0, 0.1) is 5.82 Å². The number of carboxylic acids is 1. The van der Waals surface area contributed by atoms with Gasteiger partial charge in [-0.25, -0.2) is 13.9 Å². The summed E-state index contributed by atoms with van der Waals surface area (Å²) in [4.78, 5) is 23.0. The average molecular weight is 332 g/mol. The van der Waals surface area contributed by atoms with E-state index in [0.717, 1.165) is 24.8 Å². The highest BCUT2D eigenvalue weighted by Crippen LogP contribution is 2.35. The molecule has 24 heavy (non-hydrogen) atoms. The average Bonchev–Trinajstić information content (AvgIpc) is 2.93. The Bertz CT molecular complexity index is 770. The second kappa shape index (κ2) is 6.38. The topological polar surface area (TPSA) is 97.1 Å². The Morgan fingerprint density at radius 1 is 1.38 bits per heavy atom. The quantitative estimate of drug-likeness (QED) is 0.833. The number of carbonyl (C=O) groups excluding carboxylic acids is 1. The first kappa shape index (κ1) is 16.1. The maximum absolute atomic E-state index is 13.3. The number of amides is 1. The molecule has 1 aromatic heterocycles. The van der Waals surface area contributed by atoms with Crippen LogP contribution in [0.25, 0.3) is 0 Å². The molecule has 0 bridgehead atoms. The van der Waals surface area contributed by atoms with E-state index < -0.39 is 5.97 Å². The molecule has 0 aliphatic heterocycles. The number of hydrogen-bond donors (Lipinski definition) is 2. The van der Waals surface area contributed by atoms with Crippen LogP contribution in [0.2, 0.25) is 0 Å². The van der Waals surface area contributed by atoms with Gasteiger partial charge in [0.25, 0.3) is 0 Å². The van der Waals surface area contributed by atoms with E-state index in [9.17, 15) is 14.0 Å². The molecule has 2 aromatic rings. The number of aromatic nitrogens is 3. The Morgan fingerprint density at radius 3 is 2.75 bits per heavy atom. The third-order valence-electron chi connectivity index (χ3n) is 4.21. The van der Waals surface area contributed by atoms with E-state index >= 15 is 0 Å². The van der Waals surface area contributed by atoms with Crippen molar-refractivity contribution in [3.05, 3.63) is 47.5 Å². The van der Waals surface area contributed by atoms with Crippen molar-refractivity contribution >= 4 is 11.9 Å². The minimum Gasteiger partial charge on any atom is -0.476 e. The van der Waals surface area contributed by atoms with Gasteiger partial charge in [-0.05, 0) is 43.4 Å². The van der Waals surface area contributed by atoms with Crippen LogP contribution in [0.15, 0.2) is 30.5 Å². The molecule has 1 aromatic carbocycles. The zero-order chi connectivity index (χ0) is 17.2. The summed E-state index contributed by atoms with van der Waals surface area (Å²) in [7, 11) is 0. The monoisotopic (exact) mass is 332 g/mol. The number of nitrogens with zero attached hydrogens (tertiary/aromatic N) is 3. The first-order chi connectivity index (χ1) is 11.5. The zero-order valence-electron chi connectivity index (χ0n) is 12.9. The third-order valence-corrected chi connectivity index (χ3v) is 4.21. The molecule has 126 valence electrons. The summed E-state index contributed by atoms with van der Waals surface area (Å²) in [5, 5.41) is 18.9. The van der Waals surface area contributed by atoms with Crippen LogP contribution < -0.4 is 5.32 Å². The van der Waals surface area contributed by atoms with Crippen molar-refractivity contribution in [1.82, 2.24) is 20.3 Å². The first-order valence-corrected chi connectivity index (χ1v) is 7.65. The van der Waals surface area contributed by atoms with Crippen LogP contribution >= 0.6 is 0 Å². The molecule has 2 N–H and O–H groups in total. The number of benzene rings is 1. The van der Waals surface area contributed by atoms with Gasteiger partial charge in [-0.15, -0.1) is 5.10 Å². The number of carboxylic acid groups (broad SMARTS) is 1. The Hall–Kier alpha value is -2.77. The number of aromatic carboxylic acids is 1. The van der Waals surface area contributed by atoms with Crippen molar-refractivity contribution in [3.8, 4) is 0 Å². The molecular weight excluding hydrogens is 315 g/mol. The maximum atomic E-state index is 13.3.